The summed E-state index contributed by atoms with van der Waals surface area (Å²) in [5.74, 6) is -0.404. The Labute approximate surface area is 152 Å². The van der Waals surface area contributed by atoms with Crippen LogP contribution in [0.5, 0.6) is 0 Å². The minimum absolute atomic E-state index is 0.0508. The zero-order valence-electron chi connectivity index (χ0n) is 15.3. The molecule has 0 unspecified atom stereocenters. The number of morpholine rings is 1. The molecule has 3 heterocycles. The molecule has 2 aliphatic rings. The predicted octanol–water partition coefficient (Wildman–Crippen LogP) is 2.62. The maximum Gasteiger partial charge on any atom is 0.254 e. The SMILES string of the molecule is Cc1cc(C(=O)N2CCC3(CC2)CN(C)CCO3)c2cc(F)ccc2n1. The number of ether oxygens (including phenoxy) is 1. The van der Waals surface area contributed by atoms with Crippen molar-refractivity contribution in [3.8, 4) is 0 Å². The monoisotopic (exact) mass is 357 g/mol. The summed E-state index contributed by atoms with van der Waals surface area (Å²) in [7, 11) is 2.11. The number of likely N-dealkylation sites (N-methyl/N-ethyl adjacent to an activating group) is 1. The van der Waals surface area contributed by atoms with E-state index in [0.29, 0.717) is 29.6 Å². The second-order valence-electron chi connectivity index (χ2n) is 7.53. The van der Waals surface area contributed by atoms with E-state index >= 15 is 0 Å². The minimum atomic E-state index is -0.353. The molecule has 2 fully saturated rings. The van der Waals surface area contributed by atoms with Crippen LogP contribution in [0.2, 0.25) is 0 Å². The fraction of sp³-hybridized carbons (Fsp3) is 0.500. The van der Waals surface area contributed by atoms with E-state index in [2.05, 4.69) is 16.9 Å². The highest BCUT2D eigenvalue weighted by atomic mass is 19.1. The standard InChI is InChI=1S/C20H24FN3O2/c1-14-11-17(16-12-15(21)3-4-18(16)22-14)19(25)24-7-5-20(6-8-24)13-23(2)9-10-26-20/h3-4,11-12H,5-10,13H2,1-2H3. The van der Waals surface area contributed by atoms with Gasteiger partial charge in [-0.15, -0.1) is 0 Å². The number of pyridine rings is 1. The number of benzene rings is 1. The number of piperidine rings is 1. The van der Waals surface area contributed by atoms with Gasteiger partial charge in [0.2, 0.25) is 0 Å². The average molecular weight is 357 g/mol. The minimum Gasteiger partial charge on any atom is -0.372 e. The predicted molar refractivity (Wildman–Crippen MR) is 97.8 cm³/mol. The van der Waals surface area contributed by atoms with E-state index < -0.39 is 0 Å². The summed E-state index contributed by atoms with van der Waals surface area (Å²) < 4.78 is 19.8. The Morgan fingerprint density at radius 2 is 2.00 bits per heavy atom. The number of nitrogens with zero attached hydrogens (tertiary/aromatic N) is 3. The highest BCUT2D eigenvalue weighted by molar-refractivity contribution is 6.06. The van der Waals surface area contributed by atoms with Crippen LogP contribution in [0.3, 0.4) is 0 Å². The van der Waals surface area contributed by atoms with Gasteiger partial charge in [-0.3, -0.25) is 9.78 Å². The van der Waals surface area contributed by atoms with Gasteiger partial charge >= 0.3 is 0 Å². The molecule has 1 spiro atoms. The number of rotatable bonds is 1. The van der Waals surface area contributed by atoms with Gasteiger partial charge in [0, 0.05) is 37.3 Å². The number of carbonyl (C=O) groups is 1. The second-order valence-corrected chi connectivity index (χ2v) is 7.53. The Morgan fingerprint density at radius 1 is 1.23 bits per heavy atom. The van der Waals surface area contributed by atoms with Gasteiger partial charge in [0.1, 0.15) is 5.82 Å². The van der Waals surface area contributed by atoms with Crippen molar-refractivity contribution in [1.82, 2.24) is 14.8 Å². The first-order valence-electron chi connectivity index (χ1n) is 9.14. The van der Waals surface area contributed by atoms with Gasteiger partial charge in [-0.2, -0.15) is 0 Å². The number of likely N-dealkylation sites (tertiary alicyclic amines) is 1. The molecule has 2 aromatic rings. The molecule has 0 aliphatic carbocycles. The van der Waals surface area contributed by atoms with Gasteiger partial charge < -0.3 is 14.5 Å². The molecule has 1 amide bonds. The average Bonchev–Trinajstić information content (AvgIpc) is 2.61. The Bertz CT molecular complexity index is 846. The number of hydrogen-bond donors (Lipinski definition) is 0. The third kappa shape index (κ3) is 3.19. The normalized spacial score (nSPS) is 20.7. The topological polar surface area (TPSA) is 45.7 Å². The molecule has 0 bridgehead atoms. The van der Waals surface area contributed by atoms with Crippen molar-refractivity contribution < 1.29 is 13.9 Å². The van der Waals surface area contributed by atoms with Gasteiger partial charge in [-0.25, -0.2) is 4.39 Å². The maximum atomic E-state index is 13.7. The molecule has 1 aromatic heterocycles. The molecule has 0 atom stereocenters. The van der Waals surface area contributed by atoms with Crippen molar-refractivity contribution in [2.75, 3.05) is 39.8 Å². The van der Waals surface area contributed by atoms with Crippen LogP contribution in [-0.2, 0) is 4.74 Å². The molecule has 5 nitrogen and oxygen atoms in total. The van der Waals surface area contributed by atoms with Gasteiger partial charge in [0.15, 0.2) is 0 Å². The van der Waals surface area contributed by atoms with Crippen LogP contribution in [0.15, 0.2) is 24.3 Å². The molecule has 6 heteroatoms. The Balaban J connectivity index is 1.57. The van der Waals surface area contributed by atoms with Crippen LogP contribution in [0.1, 0.15) is 28.9 Å². The maximum absolute atomic E-state index is 13.7. The van der Waals surface area contributed by atoms with Crippen LogP contribution in [0.4, 0.5) is 4.39 Å². The second kappa shape index (κ2) is 6.59. The molecular weight excluding hydrogens is 333 g/mol. The third-order valence-electron chi connectivity index (χ3n) is 5.53. The summed E-state index contributed by atoms with van der Waals surface area (Å²) in [5, 5.41) is 0.578. The molecule has 0 saturated carbocycles. The van der Waals surface area contributed by atoms with E-state index in [1.165, 1.54) is 12.1 Å². The smallest absolute Gasteiger partial charge is 0.254 e. The molecule has 2 saturated heterocycles. The number of aromatic nitrogens is 1. The molecule has 138 valence electrons. The van der Waals surface area contributed by atoms with Crippen molar-refractivity contribution in [2.24, 2.45) is 0 Å². The van der Waals surface area contributed by atoms with E-state index in [1.54, 1.807) is 12.1 Å². The number of halogens is 1. The van der Waals surface area contributed by atoms with Gasteiger partial charge in [-0.1, -0.05) is 0 Å². The Kier molecular flexibility index (Phi) is 4.40. The lowest BCUT2D eigenvalue weighted by Gasteiger charge is -2.46. The number of fused-ring (bicyclic) bond motifs is 1. The van der Waals surface area contributed by atoms with E-state index in [0.717, 1.165) is 38.2 Å². The summed E-state index contributed by atoms with van der Waals surface area (Å²) >= 11 is 0. The van der Waals surface area contributed by atoms with Crippen molar-refractivity contribution >= 4 is 16.8 Å². The fourth-order valence-corrected chi connectivity index (χ4v) is 4.13. The summed E-state index contributed by atoms with van der Waals surface area (Å²) in [6.45, 7) is 5.79. The van der Waals surface area contributed by atoms with Crippen LogP contribution in [0, 0.1) is 12.7 Å². The molecule has 0 N–H and O–H groups in total. The number of carbonyl (C=O) groups excluding carboxylic acids is 1. The van der Waals surface area contributed by atoms with Gasteiger partial charge in [0.25, 0.3) is 5.91 Å². The van der Waals surface area contributed by atoms with Crippen LogP contribution < -0.4 is 0 Å². The number of hydrogen-bond acceptors (Lipinski definition) is 4. The van der Waals surface area contributed by atoms with Crippen molar-refractivity contribution in [3.63, 3.8) is 0 Å². The molecule has 26 heavy (non-hydrogen) atoms. The van der Waals surface area contributed by atoms with Crippen molar-refractivity contribution in [1.29, 1.82) is 0 Å². The largest absolute Gasteiger partial charge is 0.372 e. The summed E-state index contributed by atoms with van der Waals surface area (Å²) in [6.07, 6.45) is 1.67. The molecule has 1 aromatic carbocycles. The highest BCUT2D eigenvalue weighted by Gasteiger charge is 2.40. The molecule has 2 aliphatic heterocycles. The van der Waals surface area contributed by atoms with E-state index in [4.69, 9.17) is 4.74 Å². The molecule has 4 rings (SSSR count). The summed E-state index contributed by atoms with van der Waals surface area (Å²) in [5.41, 5.74) is 1.81. The number of aryl methyl sites for hydroxylation is 1. The lowest BCUT2D eigenvalue weighted by Crippen LogP contribution is -2.56. The zero-order chi connectivity index (χ0) is 18.3. The van der Waals surface area contributed by atoms with E-state index in [9.17, 15) is 9.18 Å². The van der Waals surface area contributed by atoms with Crippen molar-refractivity contribution in [2.45, 2.75) is 25.4 Å². The lowest BCUT2D eigenvalue weighted by atomic mass is 9.89. The van der Waals surface area contributed by atoms with Crippen LogP contribution in [0.25, 0.3) is 10.9 Å². The molecule has 0 radical (unpaired) electrons. The quantitative estimate of drug-likeness (QED) is 0.787. The number of amides is 1. The van der Waals surface area contributed by atoms with Crippen LogP contribution >= 0.6 is 0 Å². The molecular formula is C20H24FN3O2. The highest BCUT2D eigenvalue weighted by Crippen LogP contribution is 2.31. The Hall–Kier alpha value is -2.05. The van der Waals surface area contributed by atoms with E-state index in [1.807, 2.05) is 11.8 Å². The zero-order valence-corrected chi connectivity index (χ0v) is 15.3. The summed E-state index contributed by atoms with van der Waals surface area (Å²) in [4.78, 5) is 21.7. The fourth-order valence-electron chi connectivity index (χ4n) is 4.13. The van der Waals surface area contributed by atoms with Crippen molar-refractivity contribution in [3.05, 3.63) is 41.3 Å². The van der Waals surface area contributed by atoms with Gasteiger partial charge in [-0.05, 0) is 51.1 Å². The Morgan fingerprint density at radius 3 is 2.73 bits per heavy atom. The first-order chi connectivity index (χ1) is 12.5. The lowest BCUT2D eigenvalue weighted by molar-refractivity contribution is -0.127. The third-order valence-corrected chi connectivity index (χ3v) is 5.53. The summed E-state index contributed by atoms with van der Waals surface area (Å²) in [6, 6.07) is 6.18. The van der Waals surface area contributed by atoms with Crippen LogP contribution in [-0.4, -0.2) is 66.1 Å². The first-order valence-corrected chi connectivity index (χ1v) is 9.14. The van der Waals surface area contributed by atoms with E-state index in [-0.39, 0.29) is 17.3 Å². The van der Waals surface area contributed by atoms with Gasteiger partial charge in [0.05, 0.1) is 23.3 Å². The first kappa shape index (κ1) is 17.4.